The zero-order valence-corrected chi connectivity index (χ0v) is 7.80. The van der Waals surface area contributed by atoms with E-state index in [-0.39, 0.29) is 18.0 Å². The third-order valence-electron chi connectivity index (χ3n) is 1.25. The summed E-state index contributed by atoms with van der Waals surface area (Å²) in [7, 11) is 0. The molecule has 0 amide bonds. The van der Waals surface area contributed by atoms with Crippen LogP contribution in [0.2, 0.25) is 0 Å². The normalized spacial score (nSPS) is 13.8. The Kier molecular flexibility index (Phi) is 9.36. The molecule has 2 atom stereocenters. The Labute approximate surface area is 78.7 Å². The largest absolute Gasteiger partial charge is 0.198 e. The maximum Gasteiger partial charge on any atom is 0.0754 e. The number of hydrogen-bond donors (Lipinski definition) is 0. The van der Waals surface area contributed by atoms with Gasteiger partial charge in [0.25, 0.3) is 0 Å². The zero-order valence-electron chi connectivity index (χ0n) is 7.80. The molecule has 0 aromatic carbocycles. The van der Waals surface area contributed by atoms with Crippen LogP contribution < -0.4 is 6.15 Å². The Morgan fingerprint density at radius 3 is 1.54 bits per heavy atom. The van der Waals surface area contributed by atoms with Crippen LogP contribution in [-0.2, 0) is 0 Å². The van der Waals surface area contributed by atoms with E-state index in [0.29, 0.717) is 13.1 Å². The predicted molar refractivity (Wildman–Crippen MR) is 46.3 cm³/mol. The zero-order chi connectivity index (χ0) is 9.40. The summed E-state index contributed by atoms with van der Waals surface area (Å²) in [5.41, 5.74) is 0. The van der Waals surface area contributed by atoms with E-state index in [4.69, 9.17) is 10.5 Å². The van der Waals surface area contributed by atoms with Crippen LogP contribution in [-0.4, -0.2) is 13.1 Å². The van der Waals surface area contributed by atoms with E-state index in [1.807, 2.05) is 12.1 Å². The second kappa shape index (κ2) is 8.63. The molecule has 0 aromatic heterocycles. The van der Waals surface area contributed by atoms with E-state index in [2.05, 4.69) is 10.2 Å². The van der Waals surface area contributed by atoms with Gasteiger partial charge in [-0.3, -0.25) is 0 Å². The molecule has 3 radical (unpaired) electrons. The first-order chi connectivity index (χ1) is 5.70. The molecule has 13 heavy (non-hydrogen) atoms. The lowest BCUT2D eigenvalue weighted by Gasteiger charge is -1.95. The molecule has 0 saturated carbocycles. The minimum Gasteiger partial charge on any atom is -0.198 e. The van der Waals surface area contributed by atoms with E-state index < -0.39 is 0 Å². The van der Waals surface area contributed by atoms with Gasteiger partial charge >= 0.3 is 0 Å². The van der Waals surface area contributed by atoms with Gasteiger partial charge in [0.05, 0.1) is 37.1 Å². The molecular weight excluding hydrogens is 166 g/mol. The second-order valence-corrected chi connectivity index (χ2v) is 2.71. The number of nitriles is 2. The lowest BCUT2D eigenvalue weighted by atomic mass is 10.2. The van der Waals surface area contributed by atoms with Gasteiger partial charge in [-0.05, 0) is 13.8 Å². The van der Waals surface area contributed by atoms with Gasteiger partial charge in [0, 0.05) is 6.15 Å². The summed E-state index contributed by atoms with van der Waals surface area (Å²) in [4.78, 5) is 0. The van der Waals surface area contributed by atoms with E-state index in [1.165, 1.54) is 0 Å². The summed E-state index contributed by atoms with van der Waals surface area (Å²) >= 11 is 0. The van der Waals surface area contributed by atoms with E-state index in [1.54, 1.807) is 13.8 Å². The third kappa shape index (κ3) is 8.45. The van der Waals surface area contributed by atoms with E-state index >= 15 is 0 Å². The minimum absolute atomic E-state index is 0. The van der Waals surface area contributed by atoms with Crippen molar-refractivity contribution in [3.63, 3.8) is 0 Å². The average Bonchev–Trinajstić information content (AvgIpc) is 2.11. The van der Waals surface area contributed by atoms with Crippen LogP contribution in [0.15, 0.2) is 10.2 Å². The van der Waals surface area contributed by atoms with Crippen molar-refractivity contribution in [1.82, 2.24) is 6.15 Å². The van der Waals surface area contributed by atoms with Crippen LogP contribution in [0.5, 0.6) is 0 Å². The van der Waals surface area contributed by atoms with Crippen molar-refractivity contribution in [2.75, 3.05) is 13.1 Å². The lowest BCUT2D eigenvalue weighted by Crippen LogP contribution is -1.96. The molecule has 0 heterocycles. The highest BCUT2D eigenvalue weighted by Gasteiger charge is 1.97. The highest BCUT2D eigenvalue weighted by Crippen LogP contribution is 1.96. The summed E-state index contributed by atoms with van der Waals surface area (Å²) < 4.78 is 0. The summed E-state index contributed by atoms with van der Waals surface area (Å²) in [5, 5.41) is 24.3. The number of rotatable bonds is 4. The molecule has 69 valence electrons. The van der Waals surface area contributed by atoms with Crippen LogP contribution >= 0.6 is 0 Å². The van der Waals surface area contributed by atoms with Gasteiger partial charge in [0.15, 0.2) is 0 Å². The van der Waals surface area contributed by atoms with Crippen molar-refractivity contribution in [3.8, 4) is 12.1 Å². The Hall–Kier alpha value is -1.46. The summed E-state index contributed by atoms with van der Waals surface area (Å²) in [6.45, 7) is 4.42. The average molecular weight is 178 g/mol. The molecule has 0 rings (SSSR count). The van der Waals surface area contributed by atoms with Crippen LogP contribution in [0.25, 0.3) is 0 Å². The van der Waals surface area contributed by atoms with Crippen molar-refractivity contribution >= 4 is 0 Å². The highest BCUT2D eigenvalue weighted by molar-refractivity contribution is 4.81. The molecule has 0 N–H and O–H groups in total. The standard InChI is InChI=1S/C8H12N4.N/c1-7(3-9)5-11-12-6-8(2)4-10;/h7-8H,5-6H2,1-2H3;. The quantitative estimate of drug-likeness (QED) is 0.605. The summed E-state index contributed by atoms with van der Waals surface area (Å²) in [5.74, 6) is -0.183. The second-order valence-electron chi connectivity index (χ2n) is 2.71. The maximum atomic E-state index is 8.39. The molecule has 5 nitrogen and oxygen atoms in total. The molecule has 5 heteroatoms. The van der Waals surface area contributed by atoms with Gasteiger partial charge in [-0.2, -0.15) is 20.8 Å². The molecule has 0 aromatic rings. The van der Waals surface area contributed by atoms with Crippen LogP contribution in [0.4, 0.5) is 0 Å². The Bertz CT molecular complexity index is 198. The number of hydrogen-bond acceptors (Lipinski definition) is 4. The van der Waals surface area contributed by atoms with Gasteiger partial charge < -0.3 is 0 Å². The summed E-state index contributed by atoms with van der Waals surface area (Å²) in [6.07, 6.45) is 0. The SMILES string of the molecule is CC(C#N)CN=NCC(C)C#N.[N]. The fourth-order valence-electron chi connectivity index (χ4n) is 0.442. The predicted octanol–water partition coefficient (Wildman–Crippen LogP) is 1.28. The van der Waals surface area contributed by atoms with Gasteiger partial charge in [-0.1, -0.05) is 0 Å². The first-order valence-electron chi connectivity index (χ1n) is 3.83. The number of azo groups is 1. The van der Waals surface area contributed by atoms with Crippen molar-refractivity contribution in [1.29, 1.82) is 10.5 Å². The monoisotopic (exact) mass is 178 g/mol. The highest BCUT2D eigenvalue weighted by atomic mass is 15.1. The van der Waals surface area contributed by atoms with E-state index in [0.717, 1.165) is 0 Å². The molecule has 0 aliphatic rings. The van der Waals surface area contributed by atoms with Crippen LogP contribution in [0.1, 0.15) is 13.8 Å². The van der Waals surface area contributed by atoms with E-state index in [9.17, 15) is 0 Å². The molecule has 2 unspecified atom stereocenters. The molecule has 0 aliphatic carbocycles. The lowest BCUT2D eigenvalue weighted by molar-refractivity contribution is 0.667. The first-order valence-corrected chi connectivity index (χ1v) is 3.83. The molecular formula is C8H12N5. The molecule has 0 bridgehead atoms. The first kappa shape index (κ1) is 14.1. The van der Waals surface area contributed by atoms with Gasteiger partial charge in [-0.15, -0.1) is 0 Å². The van der Waals surface area contributed by atoms with Crippen molar-refractivity contribution in [2.45, 2.75) is 13.8 Å². The van der Waals surface area contributed by atoms with Crippen molar-refractivity contribution in [3.05, 3.63) is 0 Å². The van der Waals surface area contributed by atoms with Gasteiger partial charge in [-0.25, -0.2) is 0 Å². The topological polar surface area (TPSA) is 103 Å². The molecule has 0 fully saturated rings. The van der Waals surface area contributed by atoms with Crippen LogP contribution in [0.3, 0.4) is 0 Å². The Balaban J connectivity index is 0. The third-order valence-corrected chi connectivity index (χ3v) is 1.25. The van der Waals surface area contributed by atoms with Crippen molar-refractivity contribution in [2.24, 2.45) is 22.1 Å². The molecule has 0 saturated heterocycles. The minimum atomic E-state index is -0.0915. The number of nitrogens with zero attached hydrogens (tertiary/aromatic N) is 5. The molecule has 0 aliphatic heterocycles. The molecule has 0 spiro atoms. The fourth-order valence-corrected chi connectivity index (χ4v) is 0.442. The van der Waals surface area contributed by atoms with Crippen LogP contribution in [0, 0.1) is 34.5 Å². The summed E-state index contributed by atoms with van der Waals surface area (Å²) in [6, 6.07) is 4.10. The maximum absolute atomic E-state index is 8.39. The fraction of sp³-hybridized carbons (Fsp3) is 0.750. The Morgan fingerprint density at radius 2 is 1.31 bits per heavy atom. The smallest absolute Gasteiger partial charge is 0.0754 e. The van der Waals surface area contributed by atoms with Gasteiger partial charge in [0.1, 0.15) is 0 Å². The Morgan fingerprint density at radius 1 is 1.00 bits per heavy atom. The van der Waals surface area contributed by atoms with Gasteiger partial charge in [0.2, 0.25) is 0 Å². The van der Waals surface area contributed by atoms with Crippen molar-refractivity contribution < 1.29 is 0 Å².